The van der Waals surface area contributed by atoms with Crippen LogP contribution in [0.1, 0.15) is 28.9 Å². The predicted octanol–water partition coefficient (Wildman–Crippen LogP) is 3.46. The quantitative estimate of drug-likeness (QED) is 0.715. The first-order chi connectivity index (χ1) is 11.5. The second-order valence-corrected chi connectivity index (χ2v) is 7.13. The van der Waals surface area contributed by atoms with Crippen molar-refractivity contribution in [3.8, 4) is 0 Å². The Labute approximate surface area is 143 Å². The Morgan fingerprint density at radius 2 is 2.17 bits per heavy atom. The van der Waals surface area contributed by atoms with Gasteiger partial charge in [-0.1, -0.05) is 6.07 Å². The van der Waals surface area contributed by atoms with E-state index in [1.54, 1.807) is 16.5 Å². The Hall–Kier alpha value is -2.21. The average molecular weight is 343 g/mol. The lowest BCUT2D eigenvalue weighted by Gasteiger charge is -2.32. The standard InChI is InChI=1S/C18H18FN3OS/c1-11-5-6-15(19)14-4-3-7-21(17(11)14)9-13-8-16(23)22-12(2)10-24-18(22)20-13/h5-6,8,10H,3-4,7,9H2,1-2H3. The van der Waals surface area contributed by atoms with Crippen molar-refractivity contribution in [3.05, 3.63) is 62.3 Å². The second-order valence-electron chi connectivity index (χ2n) is 6.30. The number of aryl methyl sites for hydroxylation is 2. The highest BCUT2D eigenvalue weighted by atomic mass is 32.1. The molecule has 0 aliphatic carbocycles. The van der Waals surface area contributed by atoms with Crippen LogP contribution in [0.25, 0.3) is 4.96 Å². The molecule has 0 N–H and O–H groups in total. The van der Waals surface area contributed by atoms with E-state index in [9.17, 15) is 9.18 Å². The molecule has 24 heavy (non-hydrogen) atoms. The summed E-state index contributed by atoms with van der Waals surface area (Å²) in [6, 6.07) is 4.96. The molecule has 1 aliphatic heterocycles. The van der Waals surface area contributed by atoms with Crippen LogP contribution in [0.2, 0.25) is 0 Å². The molecule has 0 saturated carbocycles. The summed E-state index contributed by atoms with van der Waals surface area (Å²) in [5.74, 6) is -0.141. The summed E-state index contributed by atoms with van der Waals surface area (Å²) in [5, 5.41) is 1.93. The summed E-state index contributed by atoms with van der Waals surface area (Å²) in [5.41, 5.74) is 4.40. The Balaban J connectivity index is 1.75. The van der Waals surface area contributed by atoms with Gasteiger partial charge < -0.3 is 4.90 Å². The molecule has 0 radical (unpaired) electrons. The Morgan fingerprint density at radius 3 is 3.00 bits per heavy atom. The van der Waals surface area contributed by atoms with Gasteiger partial charge in [-0.15, -0.1) is 11.3 Å². The van der Waals surface area contributed by atoms with Crippen LogP contribution in [0.15, 0.2) is 28.4 Å². The number of hydrogen-bond acceptors (Lipinski definition) is 4. The van der Waals surface area contributed by atoms with Crippen LogP contribution in [0.5, 0.6) is 0 Å². The van der Waals surface area contributed by atoms with Gasteiger partial charge in [0, 0.05) is 34.9 Å². The van der Waals surface area contributed by atoms with Crippen LogP contribution in [0, 0.1) is 19.7 Å². The smallest absolute Gasteiger partial charge is 0.259 e. The number of fused-ring (bicyclic) bond motifs is 2. The van der Waals surface area contributed by atoms with Gasteiger partial charge in [-0.05, 0) is 38.3 Å². The third-order valence-corrected chi connectivity index (χ3v) is 5.52. The number of hydrogen-bond donors (Lipinski definition) is 0. The van der Waals surface area contributed by atoms with E-state index in [2.05, 4.69) is 9.88 Å². The zero-order valence-electron chi connectivity index (χ0n) is 13.7. The Kier molecular flexibility index (Phi) is 3.64. The van der Waals surface area contributed by atoms with E-state index in [0.717, 1.165) is 47.6 Å². The van der Waals surface area contributed by atoms with Gasteiger partial charge in [0.15, 0.2) is 4.96 Å². The molecular weight excluding hydrogens is 325 g/mol. The molecule has 0 spiro atoms. The molecule has 6 heteroatoms. The van der Waals surface area contributed by atoms with Crippen LogP contribution in [0.4, 0.5) is 10.1 Å². The van der Waals surface area contributed by atoms with E-state index >= 15 is 0 Å². The van der Waals surface area contributed by atoms with Gasteiger partial charge >= 0.3 is 0 Å². The third kappa shape index (κ3) is 2.41. The first-order valence-corrected chi connectivity index (χ1v) is 8.92. The van der Waals surface area contributed by atoms with Crippen molar-refractivity contribution in [2.45, 2.75) is 33.2 Å². The van der Waals surface area contributed by atoms with E-state index in [1.807, 2.05) is 25.3 Å². The minimum Gasteiger partial charge on any atom is -0.365 e. The van der Waals surface area contributed by atoms with Crippen LogP contribution < -0.4 is 10.5 Å². The van der Waals surface area contributed by atoms with Crippen molar-refractivity contribution in [1.82, 2.24) is 9.38 Å². The van der Waals surface area contributed by atoms with E-state index in [-0.39, 0.29) is 11.4 Å². The molecule has 4 nitrogen and oxygen atoms in total. The maximum absolute atomic E-state index is 14.1. The van der Waals surface area contributed by atoms with Gasteiger partial charge in [0.05, 0.1) is 12.2 Å². The lowest BCUT2D eigenvalue weighted by atomic mass is 9.97. The number of benzene rings is 1. The lowest BCUT2D eigenvalue weighted by Crippen LogP contribution is -2.31. The van der Waals surface area contributed by atoms with Crippen LogP contribution in [-0.4, -0.2) is 15.9 Å². The van der Waals surface area contributed by atoms with Gasteiger partial charge in [-0.3, -0.25) is 9.20 Å². The molecule has 0 atom stereocenters. The molecule has 0 saturated heterocycles. The minimum absolute atomic E-state index is 0.0538. The summed E-state index contributed by atoms with van der Waals surface area (Å²) < 4.78 is 15.8. The number of rotatable bonds is 2. The monoisotopic (exact) mass is 343 g/mol. The normalized spacial score (nSPS) is 14.2. The fourth-order valence-electron chi connectivity index (χ4n) is 3.50. The molecule has 0 fully saturated rings. The maximum Gasteiger partial charge on any atom is 0.259 e. The average Bonchev–Trinajstić information content (AvgIpc) is 2.93. The van der Waals surface area contributed by atoms with Crippen molar-refractivity contribution in [2.24, 2.45) is 0 Å². The molecule has 3 aromatic rings. The highest BCUT2D eigenvalue weighted by molar-refractivity contribution is 7.15. The molecule has 4 rings (SSSR count). The predicted molar refractivity (Wildman–Crippen MR) is 94.6 cm³/mol. The first-order valence-electron chi connectivity index (χ1n) is 8.04. The van der Waals surface area contributed by atoms with Gasteiger partial charge in [0.2, 0.25) is 0 Å². The van der Waals surface area contributed by atoms with E-state index < -0.39 is 0 Å². The fourth-order valence-corrected chi connectivity index (χ4v) is 4.39. The number of halogens is 1. The van der Waals surface area contributed by atoms with Gasteiger partial charge in [-0.2, -0.15) is 0 Å². The topological polar surface area (TPSA) is 37.6 Å². The third-order valence-electron chi connectivity index (χ3n) is 4.58. The molecular formula is C18H18FN3OS. The van der Waals surface area contributed by atoms with Crippen LogP contribution in [-0.2, 0) is 13.0 Å². The summed E-state index contributed by atoms with van der Waals surface area (Å²) in [4.78, 5) is 19.8. The summed E-state index contributed by atoms with van der Waals surface area (Å²) >= 11 is 1.47. The SMILES string of the molecule is Cc1ccc(F)c2c1N(Cc1cc(=O)n3c(C)csc3n1)CCC2. The van der Waals surface area contributed by atoms with Crippen LogP contribution >= 0.6 is 11.3 Å². The van der Waals surface area contributed by atoms with Crippen molar-refractivity contribution in [3.63, 3.8) is 0 Å². The van der Waals surface area contributed by atoms with Crippen molar-refractivity contribution < 1.29 is 4.39 Å². The van der Waals surface area contributed by atoms with Crippen molar-refractivity contribution in [2.75, 3.05) is 11.4 Å². The zero-order chi connectivity index (χ0) is 16.8. The van der Waals surface area contributed by atoms with Crippen LogP contribution in [0.3, 0.4) is 0 Å². The van der Waals surface area contributed by atoms with Gasteiger partial charge in [0.1, 0.15) is 5.82 Å². The highest BCUT2D eigenvalue weighted by Gasteiger charge is 2.22. The second kappa shape index (κ2) is 5.70. The number of nitrogens with zero attached hydrogens (tertiary/aromatic N) is 3. The summed E-state index contributed by atoms with van der Waals surface area (Å²) in [6.07, 6.45) is 1.67. The molecule has 1 aromatic carbocycles. The number of thiazole rings is 1. The first kappa shape index (κ1) is 15.3. The molecule has 0 amide bonds. The summed E-state index contributed by atoms with van der Waals surface area (Å²) in [7, 11) is 0. The van der Waals surface area contributed by atoms with E-state index in [1.165, 1.54) is 11.3 Å². The molecule has 2 aromatic heterocycles. The molecule has 1 aliphatic rings. The van der Waals surface area contributed by atoms with Gasteiger partial charge in [-0.25, -0.2) is 9.37 Å². The van der Waals surface area contributed by atoms with E-state index in [0.29, 0.717) is 11.5 Å². The minimum atomic E-state index is -0.141. The van der Waals surface area contributed by atoms with E-state index in [4.69, 9.17) is 0 Å². The zero-order valence-corrected chi connectivity index (χ0v) is 14.5. The Morgan fingerprint density at radius 1 is 1.33 bits per heavy atom. The molecule has 0 unspecified atom stereocenters. The molecule has 0 bridgehead atoms. The van der Waals surface area contributed by atoms with Gasteiger partial charge in [0.25, 0.3) is 5.56 Å². The van der Waals surface area contributed by atoms with Crippen molar-refractivity contribution >= 4 is 22.0 Å². The number of aromatic nitrogens is 2. The van der Waals surface area contributed by atoms with Crippen molar-refractivity contribution in [1.29, 1.82) is 0 Å². The highest BCUT2D eigenvalue weighted by Crippen LogP contribution is 2.33. The lowest BCUT2D eigenvalue weighted by molar-refractivity contribution is 0.585. The molecule has 3 heterocycles. The fraction of sp³-hybridized carbons (Fsp3) is 0.333. The molecule has 124 valence electrons. The Bertz CT molecular complexity index is 992. The number of anilines is 1. The maximum atomic E-state index is 14.1. The summed E-state index contributed by atoms with van der Waals surface area (Å²) in [6.45, 7) is 5.28. The largest absolute Gasteiger partial charge is 0.365 e.